The highest BCUT2D eigenvalue weighted by Gasteiger charge is 2.29. The number of nitrogens with two attached hydrogens (primary N) is 1. The normalized spacial score (nSPS) is 25.2. The summed E-state index contributed by atoms with van der Waals surface area (Å²) in [7, 11) is 0. The molecule has 3 N–H and O–H groups in total. The molecule has 19 heavy (non-hydrogen) atoms. The van der Waals surface area contributed by atoms with Crippen LogP contribution in [0, 0.1) is 18.8 Å². The molecule has 1 aliphatic carbocycles. The van der Waals surface area contributed by atoms with Crippen molar-refractivity contribution in [2.24, 2.45) is 11.8 Å². The summed E-state index contributed by atoms with van der Waals surface area (Å²) in [4.78, 5) is 4.29. The van der Waals surface area contributed by atoms with E-state index in [1.165, 1.54) is 36.8 Å². The average Bonchev–Trinajstić information content (AvgIpc) is 2.37. The van der Waals surface area contributed by atoms with Crippen LogP contribution in [0.1, 0.15) is 56.7 Å². The van der Waals surface area contributed by atoms with Crippen LogP contribution in [0.25, 0.3) is 0 Å². The lowest BCUT2D eigenvalue weighted by atomic mass is 9.76. The van der Waals surface area contributed by atoms with Crippen molar-refractivity contribution in [1.29, 1.82) is 0 Å². The van der Waals surface area contributed by atoms with Gasteiger partial charge in [-0.1, -0.05) is 26.7 Å². The Kier molecular flexibility index (Phi) is 4.81. The number of nitrogens with one attached hydrogen (secondary N) is 1. The molecule has 0 radical (unpaired) electrons. The lowest BCUT2D eigenvalue weighted by Gasteiger charge is -2.35. The van der Waals surface area contributed by atoms with Crippen molar-refractivity contribution in [2.75, 3.05) is 12.3 Å². The van der Waals surface area contributed by atoms with Gasteiger partial charge >= 0.3 is 0 Å². The van der Waals surface area contributed by atoms with Crippen LogP contribution < -0.4 is 11.1 Å². The van der Waals surface area contributed by atoms with Crippen LogP contribution in [0.2, 0.25) is 0 Å². The number of rotatable bonds is 4. The molecule has 3 nitrogen and oxygen atoms in total. The summed E-state index contributed by atoms with van der Waals surface area (Å²) in [6.45, 7) is 7.66. The van der Waals surface area contributed by atoms with E-state index < -0.39 is 0 Å². The van der Waals surface area contributed by atoms with Crippen LogP contribution in [-0.4, -0.2) is 11.5 Å². The van der Waals surface area contributed by atoms with Gasteiger partial charge in [-0.15, -0.1) is 0 Å². The van der Waals surface area contributed by atoms with Crippen molar-refractivity contribution in [3.63, 3.8) is 0 Å². The molecule has 1 aromatic heterocycles. The molecule has 1 heterocycles. The van der Waals surface area contributed by atoms with Crippen molar-refractivity contribution < 1.29 is 0 Å². The maximum absolute atomic E-state index is 6.14. The first-order valence-corrected chi connectivity index (χ1v) is 7.57. The van der Waals surface area contributed by atoms with Crippen LogP contribution in [0.15, 0.2) is 12.3 Å². The number of hydrogen-bond donors (Lipinski definition) is 2. The van der Waals surface area contributed by atoms with Crippen LogP contribution in [0.3, 0.4) is 0 Å². The minimum Gasteiger partial charge on any atom is -0.383 e. The number of aryl methyl sites for hydroxylation is 1. The molecule has 0 spiro atoms. The first-order valence-electron chi connectivity index (χ1n) is 7.57. The Balaban J connectivity index is 2.28. The summed E-state index contributed by atoms with van der Waals surface area (Å²) in [6, 6.07) is 2.43. The molecule has 0 saturated heterocycles. The second kappa shape index (κ2) is 6.38. The average molecular weight is 261 g/mol. The number of pyridine rings is 1. The van der Waals surface area contributed by atoms with Gasteiger partial charge in [-0.2, -0.15) is 0 Å². The van der Waals surface area contributed by atoms with Gasteiger partial charge in [0, 0.05) is 17.8 Å². The number of nitrogen functional groups attached to an aromatic ring is 1. The van der Waals surface area contributed by atoms with Crippen molar-refractivity contribution in [1.82, 2.24) is 10.3 Å². The predicted molar refractivity (Wildman–Crippen MR) is 80.9 cm³/mol. The first-order chi connectivity index (χ1) is 9.13. The molecule has 0 aromatic carbocycles. The monoisotopic (exact) mass is 261 g/mol. The molecule has 0 bridgehead atoms. The lowest BCUT2D eigenvalue weighted by molar-refractivity contribution is 0.225. The van der Waals surface area contributed by atoms with Crippen molar-refractivity contribution in [2.45, 2.75) is 52.5 Å². The number of aromatic nitrogens is 1. The smallest absolute Gasteiger partial charge is 0.128 e. The minimum atomic E-state index is 0.362. The topological polar surface area (TPSA) is 50.9 Å². The van der Waals surface area contributed by atoms with Gasteiger partial charge in [-0.3, -0.25) is 0 Å². The Morgan fingerprint density at radius 1 is 1.47 bits per heavy atom. The van der Waals surface area contributed by atoms with E-state index in [-0.39, 0.29) is 0 Å². The molecule has 3 heteroatoms. The summed E-state index contributed by atoms with van der Waals surface area (Å²) < 4.78 is 0. The van der Waals surface area contributed by atoms with Gasteiger partial charge in [-0.25, -0.2) is 4.98 Å². The fourth-order valence-corrected chi connectivity index (χ4v) is 3.50. The van der Waals surface area contributed by atoms with Gasteiger partial charge in [0.2, 0.25) is 0 Å². The van der Waals surface area contributed by atoms with E-state index in [2.05, 4.69) is 37.1 Å². The minimum absolute atomic E-state index is 0.362. The molecule has 1 aromatic rings. The summed E-state index contributed by atoms with van der Waals surface area (Å²) in [5.41, 5.74) is 8.63. The molecule has 0 aliphatic heterocycles. The van der Waals surface area contributed by atoms with Gasteiger partial charge in [0.25, 0.3) is 0 Å². The van der Waals surface area contributed by atoms with Crippen molar-refractivity contribution in [3.8, 4) is 0 Å². The second-order valence-corrected chi connectivity index (χ2v) is 5.99. The van der Waals surface area contributed by atoms with E-state index in [0.29, 0.717) is 17.8 Å². The number of anilines is 1. The molecule has 1 saturated carbocycles. The van der Waals surface area contributed by atoms with Gasteiger partial charge < -0.3 is 11.1 Å². The summed E-state index contributed by atoms with van der Waals surface area (Å²) >= 11 is 0. The highest BCUT2D eigenvalue weighted by Crippen LogP contribution is 2.39. The highest BCUT2D eigenvalue weighted by molar-refractivity contribution is 5.46. The SMILES string of the molecule is CCNC(c1c(C)ccnc1N)C1CCCC(C)C1. The third-order valence-corrected chi connectivity index (χ3v) is 4.42. The summed E-state index contributed by atoms with van der Waals surface area (Å²) in [5, 5.41) is 3.65. The quantitative estimate of drug-likeness (QED) is 0.873. The van der Waals surface area contributed by atoms with Gasteiger partial charge in [0.15, 0.2) is 0 Å². The van der Waals surface area contributed by atoms with Crippen LogP contribution in [0.5, 0.6) is 0 Å². The zero-order chi connectivity index (χ0) is 13.8. The van der Waals surface area contributed by atoms with E-state index in [1.807, 2.05) is 0 Å². The highest BCUT2D eigenvalue weighted by atomic mass is 14.9. The Morgan fingerprint density at radius 2 is 2.26 bits per heavy atom. The molecule has 1 aliphatic rings. The maximum atomic E-state index is 6.14. The fraction of sp³-hybridized carbons (Fsp3) is 0.688. The van der Waals surface area contributed by atoms with Crippen molar-refractivity contribution in [3.05, 3.63) is 23.4 Å². The van der Waals surface area contributed by atoms with E-state index in [1.54, 1.807) is 6.20 Å². The number of hydrogen-bond acceptors (Lipinski definition) is 3. The van der Waals surface area contributed by atoms with E-state index in [0.717, 1.165) is 12.5 Å². The van der Waals surface area contributed by atoms with Gasteiger partial charge in [0.05, 0.1) is 0 Å². The molecule has 3 atom stereocenters. The zero-order valence-corrected chi connectivity index (χ0v) is 12.4. The molecule has 0 amide bonds. The third-order valence-electron chi connectivity index (χ3n) is 4.42. The fourth-order valence-electron chi connectivity index (χ4n) is 3.50. The van der Waals surface area contributed by atoms with Crippen LogP contribution in [0.4, 0.5) is 5.82 Å². The standard InChI is InChI=1S/C16H27N3/c1-4-18-15(13-7-5-6-11(2)10-13)14-12(3)8-9-19-16(14)17/h8-9,11,13,15,18H,4-7,10H2,1-3H3,(H2,17,19). The van der Waals surface area contributed by atoms with E-state index in [4.69, 9.17) is 5.73 Å². The molecular weight excluding hydrogens is 234 g/mol. The van der Waals surface area contributed by atoms with E-state index >= 15 is 0 Å². The molecule has 1 fully saturated rings. The first kappa shape index (κ1) is 14.3. The molecule has 3 unspecified atom stereocenters. The van der Waals surface area contributed by atoms with Crippen LogP contribution >= 0.6 is 0 Å². The largest absolute Gasteiger partial charge is 0.383 e. The Morgan fingerprint density at radius 3 is 2.89 bits per heavy atom. The Hall–Kier alpha value is -1.09. The summed E-state index contributed by atoms with van der Waals surface area (Å²) in [5.74, 6) is 2.22. The Bertz CT molecular complexity index is 396. The van der Waals surface area contributed by atoms with Crippen molar-refractivity contribution >= 4 is 5.82 Å². The lowest BCUT2D eigenvalue weighted by Crippen LogP contribution is -2.32. The maximum Gasteiger partial charge on any atom is 0.128 e. The number of nitrogens with zero attached hydrogens (tertiary/aromatic N) is 1. The molecular formula is C16H27N3. The zero-order valence-electron chi connectivity index (χ0n) is 12.4. The summed E-state index contributed by atoms with van der Waals surface area (Å²) in [6.07, 6.45) is 7.12. The van der Waals surface area contributed by atoms with Gasteiger partial charge in [-0.05, 0) is 49.8 Å². The predicted octanol–water partition coefficient (Wildman–Crippen LogP) is 3.45. The van der Waals surface area contributed by atoms with E-state index in [9.17, 15) is 0 Å². The van der Waals surface area contributed by atoms with Gasteiger partial charge in [0.1, 0.15) is 5.82 Å². The van der Waals surface area contributed by atoms with Crippen LogP contribution in [-0.2, 0) is 0 Å². The second-order valence-electron chi connectivity index (χ2n) is 5.99. The molecule has 2 rings (SSSR count). The molecule has 106 valence electrons. The Labute approximate surface area is 117 Å². The third kappa shape index (κ3) is 3.27.